The summed E-state index contributed by atoms with van der Waals surface area (Å²) in [6.07, 6.45) is 3.00. The molecule has 0 saturated carbocycles. The Kier molecular flexibility index (Phi) is 5.22. The van der Waals surface area contributed by atoms with Crippen molar-refractivity contribution in [1.82, 2.24) is 19.8 Å². The lowest BCUT2D eigenvalue weighted by atomic mass is 9.97. The fraction of sp³-hybridized carbons (Fsp3) is 0.208. The average Bonchev–Trinajstić information content (AvgIpc) is 3.33. The highest BCUT2D eigenvalue weighted by Gasteiger charge is 2.27. The molecule has 8 heteroatoms. The lowest BCUT2D eigenvalue weighted by Gasteiger charge is -2.31. The van der Waals surface area contributed by atoms with Crippen LogP contribution >= 0.6 is 0 Å². The van der Waals surface area contributed by atoms with Crippen molar-refractivity contribution in [2.24, 2.45) is 5.92 Å². The van der Waals surface area contributed by atoms with Crippen LogP contribution in [0.15, 0.2) is 67.0 Å². The van der Waals surface area contributed by atoms with Crippen molar-refractivity contribution in [2.45, 2.75) is 12.8 Å². The Labute approximate surface area is 184 Å². The number of benzene rings is 2. The van der Waals surface area contributed by atoms with Gasteiger partial charge in [0.15, 0.2) is 5.65 Å². The van der Waals surface area contributed by atoms with Crippen LogP contribution in [0.5, 0.6) is 5.75 Å². The summed E-state index contributed by atoms with van der Waals surface area (Å²) in [4.78, 5) is 14.8. The van der Waals surface area contributed by atoms with Crippen molar-refractivity contribution in [1.29, 1.82) is 5.26 Å². The lowest BCUT2D eigenvalue weighted by molar-refractivity contribution is -0.139. The number of aromatic nitrogens is 4. The van der Waals surface area contributed by atoms with E-state index in [9.17, 15) is 4.79 Å². The number of ether oxygens (including phenoxy) is 1. The molecular formula is C24H20N6O2. The van der Waals surface area contributed by atoms with E-state index in [1.807, 2.05) is 36.4 Å². The second kappa shape index (κ2) is 8.47. The van der Waals surface area contributed by atoms with E-state index >= 15 is 0 Å². The number of hydrogen-bond acceptors (Lipinski definition) is 7. The van der Waals surface area contributed by atoms with E-state index in [0.29, 0.717) is 29.8 Å². The third-order valence-electron chi connectivity index (χ3n) is 5.72. The van der Waals surface area contributed by atoms with Crippen LogP contribution in [-0.4, -0.2) is 38.9 Å². The molecule has 1 saturated heterocycles. The molecule has 2 aromatic carbocycles. The van der Waals surface area contributed by atoms with E-state index in [-0.39, 0.29) is 11.9 Å². The molecule has 3 heterocycles. The molecule has 1 aliphatic rings. The maximum absolute atomic E-state index is 12.7. The number of hydrogen-bond donors (Lipinski definition) is 0. The second-order valence-corrected chi connectivity index (χ2v) is 7.72. The summed E-state index contributed by atoms with van der Waals surface area (Å²) in [6.45, 7) is 1.47. The molecule has 1 aliphatic heterocycles. The summed E-state index contributed by atoms with van der Waals surface area (Å²) in [5, 5.41) is 21.3. The molecule has 4 aromatic rings. The zero-order valence-electron chi connectivity index (χ0n) is 17.3. The minimum Gasteiger partial charge on any atom is -0.426 e. The van der Waals surface area contributed by atoms with Gasteiger partial charge in [0, 0.05) is 13.1 Å². The number of piperidine rings is 1. The van der Waals surface area contributed by atoms with Gasteiger partial charge in [-0.1, -0.05) is 24.3 Å². The molecule has 0 N–H and O–H groups in total. The molecule has 1 fully saturated rings. The molecule has 0 bridgehead atoms. The minimum atomic E-state index is -0.196. The fourth-order valence-electron chi connectivity index (χ4n) is 3.88. The summed E-state index contributed by atoms with van der Waals surface area (Å²) in [7, 11) is 0. The molecule has 0 radical (unpaired) electrons. The van der Waals surface area contributed by atoms with E-state index < -0.39 is 0 Å². The summed E-state index contributed by atoms with van der Waals surface area (Å²) in [6, 6.07) is 20.8. The van der Waals surface area contributed by atoms with Gasteiger partial charge in [-0.15, -0.1) is 15.3 Å². The highest BCUT2D eigenvalue weighted by molar-refractivity contribution is 5.76. The molecule has 0 aliphatic carbocycles. The number of fused-ring (bicyclic) bond motifs is 1. The van der Waals surface area contributed by atoms with E-state index in [1.165, 1.54) is 0 Å². The molecule has 158 valence electrons. The van der Waals surface area contributed by atoms with Gasteiger partial charge in [0.2, 0.25) is 0 Å². The van der Waals surface area contributed by atoms with Crippen molar-refractivity contribution in [3.8, 4) is 22.9 Å². The molecule has 5 rings (SSSR count). The number of nitrogens with zero attached hydrogens (tertiary/aromatic N) is 6. The summed E-state index contributed by atoms with van der Waals surface area (Å²) < 4.78 is 7.28. The van der Waals surface area contributed by atoms with Crippen LogP contribution in [-0.2, 0) is 4.79 Å². The summed E-state index contributed by atoms with van der Waals surface area (Å²) in [5.41, 5.74) is 3.34. The molecule has 2 aromatic heterocycles. The van der Waals surface area contributed by atoms with E-state index in [0.717, 1.165) is 30.0 Å². The number of esters is 1. The van der Waals surface area contributed by atoms with Crippen LogP contribution in [0.3, 0.4) is 0 Å². The van der Waals surface area contributed by atoms with Crippen LogP contribution in [0.4, 0.5) is 5.82 Å². The number of rotatable bonds is 4. The Morgan fingerprint density at radius 3 is 2.34 bits per heavy atom. The highest BCUT2D eigenvalue weighted by Crippen LogP contribution is 2.26. The number of carbonyl (C=O) groups excluding carboxylic acids is 1. The Morgan fingerprint density at radius 2 is 1.66 bits per heavy atom. The molecular weight excluding hydrogens is 404 g/mol. The van der Waals surface area contributed by atoms with E-state index in [1.54, 1.807) is 35.1 Å². The van der Waals surface area contributed by atoms with Gasteiger partial charge in [0.25, 0.3) is 0 Å². The molecule has 0 unspecified atom stereocenters. The largest absolute Gasteiger partial charge is 0.426 e. The van der Waals surface area contributed by atoms with Crippen LogP contribution in [0.1, 0.15) is 18.4 Å². The predicted molar refractivity (Wildman–Crippen MR) is 118 cm³/mol. The maximum Gasteiger partial charge on any atom is 0.314 e. The summed E-state index contributed by atoms with van der Waals surface area (Å²) >= 11 is 0. The Hall–Kier alpha value is -4.25. The quantitative estimate of drug-likeness (QED) is 0.365. The van der Waals surface area contributed by atoms with E-state index in [4.69, 9.17) is 10.00 Å². The molecule has 0 amide bonds. The first-order valence-corrected chi connectivity index (χ1v) is 10.4. The van der Waals surface area contributed by atoms with Crippen molar-refractivity contribution in [3.63, 3.8) is 0 Å². The first-order chi connectivity index (χ1) is 15.7. The number of nitriles is 1. The third-order valence-corrected chi connectivity index (χ3v) is 5.72. The van der Waals surface area contributed by atoms with Gasteiger partial charge < -0.3 is 9.64 Å². The Morgan fingerprint density at radius 1 is 0.969 bits per heavy atom. The van der Waals surface area contributed by atoms with Crippen molar-refractivity contribution in [2.75, 3.05) is 18.0 Å². The fourth-order valence-corrected chi connectivity index (χ4v) is 3.88. The topological polar surface area (TPSA) is 96.4 Å². The number of carbonyl (C=O) groups is 1. The SMILES string of the molecule is N#Cc1ccc(-c2ccc(OC(=O)C3CCN(c4ccc5nncn5n4)CC3)cc2)cc1. The second-order valence-electron chi connectivity index (χ2n) is 7.72. The monoisotopic (exact) mass is 424 g/mol. The van der Waals surface area contributed by atoms with Crippen LogP contribution < -0.4 is 9.64 Å². The Bertz CT molecular complexity index is 1280. The van der Waals surface area contributed by atoms with Crippen molar-refractivity contribution >= 4 is 17.4 Å². The van der Waals surface area contributed by atoms with Crippen molar-refractivity contribution in [3.05, 3.63) is 72.6 Å². The zero-order valence-corrected chi connectivity index (χ0v) is 17.3. The lowest BCUT2D eigenvalue weighted by Crippen LogP contribution is -2.38. The number of anilines is 1. The predicted octanol–water partition coefficient (Wildman–Crippen LogP) is 3.48. The summed E-state index contributed by atoms with van der Waals surface area (Å²) in [5.74, 6) is 1.05. The molecule has 32 heavy (non-hydrogen) atoms. The van der Waals surface area contributed by atoms with Gasteiger partial charge in [-0.25, -0.2) is 0 Å². The van der Waals surface area contributed by atoms with E-state index in [2.05, 4.69) is 26.3 Å². The van der Waals surface area contributed by atoms with Crippen molar-refractivity contribution < 1.29 is 9.53 Å². The van der Waals surface area contributed by atoms with Crippen LogP contribution in [0.25, 0.3) is 16.8 Å². The van der Waals surface area contributed by atoms with Gasteiger partial charge in [0.05, 0.1) is 17.6 Å². The first kappa shape index (κ1) is 19.7. The maximum atomic E-state index is 12.7. The van der Waals surface area contributed by atoms with Crippen LogP contribution in [0, 0.1) is 17.2 Å². The van der Waals surface area contributed by atoms with Gasteiger partial charge >= 0.3 is 5.97 Å². The third kappa shape index (κ3) is 4.01. The standard InChI is InChI=1S/C24H20N6O2/c25-15-17-1-3-18(4-2-17)19-5-7-21(8-6-19)32-24(31)20-11-13-29(14-12-20)23-10-9-22-27-26-16-30(22)28-23/h1-10,16,20H,11-14H2. The minimum absolute atomic E-state index is 0.136. The zero-order chi connectivity index (χ0) is 21.9. The molecule has 0 atom stereocenters. The Balaban J connectivity index is 1.18. The average molecular weight is 424 g/mol. The van der Waals surface area contributed by atoms with Gasteiger partial charge in [-0.3, -0.25) is 4.79 Å². The van der Waals surface area contributed by atoms with Gasteiger partial charge in [-0.05, 0) is 60.4 Å². The first-order valence-electron chi connectivity index (χ1n) is 10.4. The smallest absolute Gasteiger partial charge is 0.314 e. The highest BCUT2D eigenvalue weighted by atomic mass is 16.5. The molecule has 8 nitrogen and oxygen atoms in total. The van der Waals surface area contributed by atoms with Crippen LogP contribution in [0.2, 0.25) is 0 Å². The van der Waals surface area contributed by atoms with Gasteiger partial charge in [0.1, 0.15) is 17.9 Å². The van der Waals surface area contributed by atoms with Gasteiger partial charge in [-0.2, -0.15) is 9.78 Å². The molecule has 0 spiro atoms. The normalized spacial score (nSPS) is 14.3.